The van der Waals surface area contributed by atoms with E-state index in [-0.39, 0.29) is 18.3 Å². The Morgan fingerprint density at radius 2 is 1.86 bits per heavy atom. The predicted molar refractivity (Wildman–Crippen MR) is 163 cm³/mol. The van der Waals surface area contributed by atoms with Gasteiger partial charge in [-0.05, 0) is 48.9 Å². The third-order valence-electron chi connectivity index (χ3n) is 8.24. The molecule has 4 aromatic rings. The number of fused-ring (bicyclic) bond motifs is 2. The number of hydrogen-bond acceptors (Lipinski definition) is 10. The molecule has 3 atom stereocenters. The first kappa shape index (κ1) is 29.6. The second-order valence-electron chi connectivity index (χ2n) is 12.6. The number of alkyl halides is 3. The van der Waals surface area contributed by atoms with Crippen molar-refractivity contribution in [2.45, 2.75) is 70.4 Å². The summed E-state index contributed by atoms with van der Waals surface area (Å²) in [5, 5.41) is 37.1. The van der Waals surface area contributed by atoms with Gasteiger partial charge in [0.2, 0.25) is 0 Å². The number of halogens is 3. The molecular weight excluding hydrogens is 587 g/mol. The van der Waals surface area contributed by atoms with Crippen LogP contribution in [0.4, 0.5) is 24.5 Å². The molecule has 9 nitrogen and oxygen atoms in total. The molecule has 1 fully saturated rings. The summed E-state index contributed by atoms with van der Waals surface area (Å²) in [6.07, 6.45) is -3.02. The summed E-state index contributed by atoms with van der Waals surface area (Å²) in [5.74, 6) is 0. The monoisotopic (exact) mass is 617 g/mol. The van der Waals surface area contributed by atoms with Crippen LogP contribution < -0.4 is 10.6 Å². The third kappa shape index (κ3) is 5.05. The van der Waals surface area contributed by atoms with Gasteiger partial charge in [0.05, 0.1) is 50.1 Å². The highest BCUT2D eigenvalue weighted by Crippen LogP contribution is 2.56. The summed E-state index contributed by atoms with van der Waals surface area (Å²) in [4.78, 5) is 8.87. The largest absolute Gasteiger partial charge is 0.413 e. The number of anilines is 2. The maximum atomic E-state index is 14.1. The smallest absolute Gasteiger partial charge is 0.383 e. The Kier molecular flexibility index (Phi) is 7.12. The summed E-state index contributed by atoms with van der Waals surface area (Å²) in [6, 6.07) is 11.6. The Bertz CT molecular complexity index is 1860. The van der Waals surface area contributed by atoms with Crippen LogP contribution in [0.5, 0.6) is 0 Å². The molecule has 1 aliphatic carbocycles. The minimum Gasteiger partial charge on any atom is -0.383 e. The molecule has 0 spiro atoms. The molecule has 226 valence electrons. The normalized spacial score (nSPS) is 20.0. The molecule has 2 aromatic heterocycles. The number of nitrogens with zero attached hydrogens (tertiary/aromatic N) is 7. The highest BCUT2D eigenvalue weighted by Gasteiger charge is 2.69. The maximum absolute atomic E-state index is 14.1. The van der Waals surface area contributed by atoms with Crippen LogP contribution in [-0.4, -0.2) is 45.3 Å². The van der Waals surface area contributed by atoms with Crippen molar-refractivity contribution in [2.24, 2.45) is 15.8 Å². The average Bonchev–Trinajstić information content (AvgIpc) is 3.50. The van der Waals surface area contributed by atoms with Crippen LogP contribution in [0.2, 0.25) is 0 Å². The van der Waals surface area contributed by atoms with Crippen LogP contribution in [-0.2, 0) is 0 Å². The molecule has 0 saturated heterocycles. The highest BCUT2D eigenvalue weighted by atomic mass is 32.1. The van der Waals surface area contributed by atoms with Gasteiger partial charge < -0.3 is 10.6 Å². The van der Waals surface area contributed by atoms with Crippen LogP contribution in [0.15, 0.2) is 52.4 Å². The third-order valence-corrected chi connectivity index (χ3v) is 9.14. The Balaban J connectivity index is 1.46. The number of rotatable bonds is 7. The van der Waals surface area contributed by atoms with Gasteiger partial charge in [0, 0.05) is 23.8 Å². The number of nitrogens with one attached hydrogen (secondary N) is 2. The Labute approximate surface area is 256 Å². The Morgan fingerprint density at radius 3 is 2.52 bits per heavy atom. The summed E-state index contributed by atoms with van der Waals surface area (Å²) in [5.41, 5.74) is 3.37. The Morgan fingerprint density at radius 1 is 1.11 bits per heavy atom. The lowest BCUT2D eigenvalue weighted by Gasteiger charge is -2.34. The van der Waals surface area contributed by atoms with Gasteiger partial charge in [-0.2, -0.15) is 28.8 Å². The van der Waals surface area contributed by atoms with Crippen molar-refractivity contribution in [2.75, 3.05) is 17.2 Å². The lowest BCUT2D eigenvalue weighted by atomic mass is 9.93. The van der Waals surface area contributed by atoms with Gasteiger partial charge >= 0.3 is 6.18 Å². The minimum absolute atomic E-state index is 0.0239. The molecule has 44 heavy (non-hydrogen) atoms. The van der Waals surface area contributed by atoms with Gasteiger partial charge in [0.1, 0.15) is 18.2 Å². The van der Waals surface area contributed by atoms with E-state index in [4.69, 9.17) is 0 Å². The van der Waals surface area contributed by atoms with Crippen LogP contribution in [0.3, 0.4) is 0 Å². The maximum Gasteiger partial charge on any atom is 0.413 e. The molecule has 1 saturated carbocycles. The fourth-order valence-corrected chi connectivity index (χ4v) is 6.64. The van der Waals surface area contributed by atoms with Crippen molar-refractivity contribution in [3.8, 4) is 12.1 Å². The molecule has 2 aliphatic rings. The zero-order chi connectivity index (χ0) is 31.4. The molecule has 1 aliphatic heterocycles. The van der Waals surface area contributed by atoms with Gasteiger partial charge in [0.25, 0.3) is 0 Å². The molecule has 1 unspecified atom stereocenters. The van der Waals surface area contributed by atoms with Crippen molar-refractivity contribution in [3.05, 3.63) is 58.7 Å². The van der Waals surface area contributed by atoms with Gasteiger partial charge in [0.15, 0.2) is 5.54 Å². The number of hydrogen-bond donors (Lipinski definition) is 2. The van der Waals surface area contributed by atoms with E-state index < -0.39 is 29.8 Å². The lowest BCUT2D eigenvalue weighted by Crippen LogP contribution is -2.51. The number of pyridine rings is 1. The van der Waals surface area contributed by atoms with Gasteiger partial charge in [-0.15, -0.1) is 11.3 Å². The molecular formula is C31H30F3N9S. The summed E-state index contributed by atoms with van der Waals surface area (Å²) < 4.78 is 43.2. The van der Waals surface area contributed by atoms with Crippen LogP contribution in [0, 0.1) is 28.1 Å². The van der Waals surface area contributed by atoms with Gasteiger partial charge in [-0.1, -0.05) is 38.1 Å². The topological polar surface area (TPSA) is 125 Å². The lowest BCUT2D eigenvalue weighted by molar-refractivity contribution is -0.200. The van der Waals surface area contributed by atoms with E-state index in [2.05, 4.69) is 63.8 Å². The zero-order valence-corrected chi connectivity index (χ0v) is 25.4. The Hall–Kier alpha value is -4.49. The second-order valence-corrected chi connectivity index (χ2v) is 13.4. The van der Waals surface area contributed by atoms with E-state index >= 15 is 0 Å². The quantitative estimate of drug-likeness (QED) is 0.217. The number of benzene rings is 2. The first-order valence-corrected chi connectivity index (χ1v) is 15.1. The second kappa shape index (κ2) is 10.6. The van der Waals surface area contributed by atoms with Gasteiger partial charge in [-0.25, -0.2) is 4.98 Å². The number of aromatic nitrogens is 2. The molecule has 0 amide bonds. The molecule has 6 rings (SSSR count). The van der Waals surface area contributed by atoms with Crippen LogP contribution >= 0.6 is 11.3 Å². The van der Waals surface area contributed by atoms with Crippen molar-refractivity contribution in [3.63, 3.8) is 0 Å². The molecule has 0 radical (unpaired) electrons. The molecule has 0 bridgehead atoms. The van der Waals surface area contributed by atoms with E-state index in [1.165, 1.54) is 17.5 Å². The van der Waals surface area contributed by atoms with Gasteiger partial charge in [-0.3, -0.25) is 9.99 Å². The van der Waals surface area contributed by atoms with E-state index in [0.717, 1.165) is 20.8 Å². The molecule has 2 aromatic carbocycles. The van der Waals surface area contributed by atoms with Crippen molar-refractivity contribution < 1.29 is 13.2 Å². The average molecular weight is 618 g/mol. The highest BCUT2D eigenvalue weighted by molar-refractivity contribution is 7.17. The van der Waals surface area contributed by atoms with Crippen LogP contribution in [0.1, 0.15) is 63.3 Å². The van der Waals surface area contributed by atoms with Crippen molar-refractivity contribution in [1.82, 2.24) is 15.0 Å². The van der Waals surface area contributed by atoms with Crippen LogP contribution in [0.25, 0.3) is 21.1 Å². The first-order chi connectivity index (χ1) is 20.9. The summed E-state index contributed by atoms with van der Waals surface area (Å²) in [6.45, 7) is 8.49. The fraction of sp³-hybridized carbons (Fsp3) is 0.419. The van der Waals surface area contributed by atoms with E-state index in [1.807, 2.05) is 24.3 Å². The molecule has 2 N–H and O–H groups in total. The predicted octanol–water partition coefficient (Wildman–Crippen LogP) is 7.73. The zero-order valence-electron chi connectivity index (χ0n) is 24.6. The van der Waals surface area contributed by atoms with Crippen molar-refractivity contribution >= 4 is 43.8 Å². The van der Waals surface area contributed by atoms with E-state index in [0.29, 0.717) is 39.9 Å². The van der Waals surface area contributed by atoms with E-state index in [9.17, 15) is 23.7 Å². The number of nitriles is 2. The SMILES string of the molecule is C[C@@H]1C([C@@H](Nc2cc(C#N)c3ncc(C#N)c(NCC(C)(C)C)c3c2)c2cccc3ncsc23)N=NN1C1(C(F)(F)F)CC1. The minimum atomic E-state index is -4.43. The fourth-order valence-electron chi connectivity index (χ4n) is 5.80. The van der Waals surface area contributed by atoms with Crippen molar-refractivity contribution in [1.29, 1.82) is 10.5 Å². The molecule has 3 heterocycles. The number of thiazole rings is 1. The standard InChI is InChI=1S/C31H30F3N9S/c1-17-24(41-42-43(17)30(8-9-30)31(32,33)34)27(21-6-5-7-23-28(21)44-16-39-23)40-20-10-18(12-35)25-22(11-20)26(19(13-36)14-37-25)38-15-29(2,3)4/h5-7,10-11,14,16-17,24,27,40H,8-9,15H2,1-4H3,(H,37,38)/t17-,24?,27+/m1/s1. The summed E-state index contributed by atoms with van der Waals surface area (Å²) >= 11 is 1.44. The molecule has 13 heteroatoms. The van der Waals surface area contributed by atoms with E-state index in [1.54, 1.807) is 18.5 Å². The first-order valence-electron chi connectivity index (χ1n) is 14.2. The summed E-state index contributed by atoms with van der Waals surface area (Å²) in [7, 11) is 0.